The number of ether oxygens (including phenoxy) is 1. The fourth-order valence-corrected chi connectivity index (χ4v) is 1.97. The lowest BCUT2D eigenvalue weighted by molar-refractivity contribution is -0.150. The van der Waals surface area contributed by atoms with E-state index < -0.39 is 12.1 Å². The minimum absolute atomic E-state index is 0.0516. The van der Waals surface area contributed by atoms with E-state index in [0.29, 0.717) is 11.4 Å². The van der Waals surface area contributed by atoms with Gasteiger partial charge in [0.1, 0.15) is 0 Å². The standard InChI is InChI=1S/C16H19N3O4/c1-10(17-15(21)13-7-5-4-6-8-13)9-14(20)22-11(2)16-18-12(3)19-23-16/h4-8,10-11H,9H2,1-3H3,(H,17,21). The van der Waals surface area contributed by atoms with Crippen LogP contribution in [0.3, 0.4) is 0 Å². The van der Waals surface area contributed by atoms with Gasteiger partial charge in [-0.25, -0.2) is 0 Å². The first-order valence-corrected chi connectivity index (χ1v) is 7.31. The minimum atomic E-state index is -0.624. The van der Waals surface area contributed by atoms with Crippen molar-refractivity contribution in [2.24, 2.45) is 0 Å². The second-order valence-electron chi connectivity index (χ2n) is 5.26. The van der Waals surface area contributed by atoms with Crippen LogP contribution < -0.4 is 5.32 Å². The van der Waals surface area contributed by atoms with E-state index in [9.17, 15) is 9.59 Å². The summed E-state index contributed by atoms with van der Waals surface area (Å²) in [6.45, 7) is 5.07. The van der Waals surface area contributed by atoms with Gasteiger partial charge in [0.05, 0.1) is 6.42 Å². The molecule has 1 heterocycles. The molecule has 0 aliphatic carbocycles. The maximum absolute atomic E-state index is 12.0. The number of nitrogens with one attached hydrogen (secondary N) is 1. The average molecular weight is 317 g/mol. The molecule has 23 heavy (non-hydrogen) atoms. The van der Waals surface area contributed by atoms with Crippen molar-refractivity contribution in [3.05, 3.63) is 47.6 Å². The second-order valence-corrected chi connectivity index (χ2v) is 5.26. The van der Waals surface area contributed by atoms with Gasteiger partial charge in [0.15, 0.2) is 11.9 Å². The van der Waals surface area contributed by atoms with Gasteiger partial charge in [0.2, 0.25) is 0 Å². The van der Waals surface area contributed by atoms with Gasteiger partial charge in [0.25, 0.3) is 11.8 Å². The van der Waals surface area contributed by atoms with E-state index >= 15 is 0 Å². The zero-order valence-electron chi connectivity index (χ0n) is 13.3. The number of aromatic nitrogens is 2. The maximum atomic E-state index is 12.0. The molecule has 0 spiro atoms. The first-order valence-electron chi connectivity index (χ1n) is 7.31. The number of rotatable bonds is 6. The molecule has 2 unspecified atom stereocenters. The Morgan fingerprint density at radius 2 is 1.96 bits per heavy atom. The van der Waals surface area contributed by atoms with Gasteiger partial charge < -0.3 is 14.6 Å². The summed E-state index contributed by atoms with van der Waals surface area (Å²) in [4.78, 5) is 27.9. The molecule has 122 valence electrons. The zero-order valence-corrected chi connectivity index (χ0v) is 13.3. The molecule has 0 aliphatic heterocycles. The summed E-state index contributed by atoms with van der Waals surface area (Å²) in [5.74, 6) is 0.0453. The Labute approximate surface area is 134 Å². The van der Waals surface area contributed by atoms with Crippen molar-refractivity contribution in [1.29, 1.82) is 0 Å². The summed E-state index contributed by atoms with van der Waals surface area (Å²) in [7, 11) is 0. The molecule has 0 bridgehead atoms. The topological polar surface area (TPSA) is 94.3 Å². The van der Waals surface area contributed by atoms with Crippen LogP contribution in [0.15, 0.2) is 34.9 Å². The van der Waals surface area contributed by atoms with Crippen molar-refractivity contribution in [2.45, 2.75) is 39.3 Å². The van der Waals surface area contributed by atoms with E-state index in [0.717, 1.165) is 0 Å². The molecule has 7 nitrogen and oxygen atoms in total. The van der Waals surface area contributed by atoms with Crippen LogP contribution in [0.5, 0.6) is 0 Å². The van der Waals surface area contributed by atoms with Crippen molar-refractivity contribution in [3.8, 4) is 0 Å². The fraction of sp³-hybridized carbons (Fsp3) is 0.375. The Hall–Kier alpha value is -2.70. The molecule has 1 amide bonds. The first-order chi connectivity index (χ1) is 11.0. The summed E-state index contributed by atoms with van der Waals surface area (Å²) < 4.78 is 10.2. The molecular formula is C16H19N3O4. The third kappa shape index (κ3) is 4.91. The monoisotopic (exact) mass is 317 g/mol. The molecule has 1 aromatic heterocycles. The highest BCUT2D eigenvalue weighted by Gasteiger charge is 2.20. The first kappa shape index (κ1) is 16.7. The summed E-state index contributed by atoms with van der Waals surface area (Å²) in [5.41, 5.74) is 0.544. The lowest BCUT2D eigenvalue weighted by Crippen LogP contribution is -2.34. The number of amides is 1. The van der Waals surface area contributed by atoms with Crippen LogP contribution in [0.2, 0.25) is 0 Å². The lowest BCUT2D eigenvalue weighted by Gasteiger charge is -2.15. The summed E-state index contributed by atoms with van der Waals surface area (Å²) >= 11 is 0. The predicted octanol–water partition coefficient (Wildman–Crippen LogP) is 2.19. The second kappa shape index (κ2) is 7.53. The normalized spacial score (nSPS) is 13.2. The Balaban J connectivity index is 1.81. The Bertz CT molecular complexity index is 669. The summed E-state index contributed by atoms with van der Waals surface area (Å²) in [6.07, 6.45) is -0.573. The molecule has 1 N–H and O–H groups in total. The molecule has 0 aliphatic rings. The Morgan fingerprint density at radius 3 is 2.57 bits per heavy atom. The van der Waals surface area contributed by atoms with Gasteiger partial charge in [-0.05, 0) is 32.9 Å². The van der Waals surface area contributed by atoms with Gasteiger partial charge in [0, 0.05) is 11.6 Å². The van der Waals surface area contributed by atoms with E-state index in [2.05, 4.69) is 15.5 Å². The van der Waals surface area contributed by atoms with Crippen LogP contribution in [-0.4, -0.2) is 28.1 Å². The molecule has 0 fully saturated rings. The number of benzene rings is 1. The van der Waals surface area contributed by atoms with Gasteiger partial charge in [-0.1, -0.05) is 23.4 Å². The lowest BCUT2D eigenvalue weighted by atomic mass is 10.2. The van der Waals surface area contributed by atoms with Crippen LogP contribution in [-0.2, 0) is 9.53 Å². The van der Waals surface area contributed by atoms with E-state index in [4.69, 9.17) is 9.26 Å². The van der Waals surface area contributed by atoms with Crippen molar-refractivity contribution < 1.29 is 18.8 Å². The third-order valence-corrected chi connectivity index (χ3v) is 3.09. The van der Waals surface area contributed by atoms with Crippen molar-refractivity contribution >= 4 is 11.9 Å². The van der Waals surface area contributed by atoms with E-state index in [1.807, 2.05) is 6.07 Å². The highest BCUT2D eigenvalue weighted by atomic mass is 16.6. The number of nitrogens with zero attached hydrogens (tertiary/aromatic N) is 2. The molecular weight excluding hydrogens is 298 g/mol. The van der Waals surface area contributed by atoms with Gasteiger partial charge in [-0.3, -0.25) is 9.59 Å². The van der Waals surface area contributed by atoms with Crippen LogP contribution in [0, 0.1) is 6.92 Å². The summed E-state index contributed by atoms with van der Waals surface area (Å²) in [6, 6.07) is 8.45. The number of aryl methyl sites for hydroxylation is 1. The number of hydrogen-bond acceptors (Lipinski definition) is 6. The van der Waals surface area contributed by atoms with E-state index in [1.54, 1.807) is 45.0 Å². The average Bonchev–Trinajstić information content (AvgIpc) is 2.94. The van der Waals surface area contributed by atoms with Crippen molar-refractivity contribution in [1.82, 2.24) is 15.5 Å². The SMILES string of the molecule is Cc1noc(C(C)OC(=O)CC(C)NC(=O)c2ccccc2)n1. The molecule has 0 saturated heterocycles. The van der Waals surface area contributed by atoms with Gasteiger partial charge >= 0.3 is 5.97 Å². The third-order valence-electron chi connectivity index (χ3n) is 3.09. The Morgan fingerprint density at radius 1 is 1.26 bits per heavy atom. The zero-order chi connectivity index (χ0) is 16.8. The maximum Gasteiger partial charge on any atom is 0.308 e. The van der Waals surface area contributed by atoms with Crippen LogP contribution in [0.4, 0.5) is 0 Å². The molecule has 0 radical (unpaired) electrons. The van der Waals surface area contributed by atoms with Crippen LogP contribution in [0.25, 0.3) is 0 Å². The Kier molecular flexibility index (Phi) is 5.46. The van der Waals surface area contributed by atoms with E-state index in [1.165, 1.54) is 0 Å². The quantitative estimate of drug-likeness (QED) is 0.821. The smallest absolute Gasteiger partial charge is 0.308 e. The van der Waals surface area contributed by atoms with Crippen LogP contribution in [0.1, 0.15) is 48.4 Å². The van der Waals surface area contributed by atoms with Gasteiger partial charge in [-0.15, -0.1) is 0 Å². The molecule has 2 aromatic rings. The summed E-state index contributed by atoms with van der Waals surface area (Å²) in [5, 5.41) is 6.40. The molecule has 1 aromatic carbocycles. The highest BCUT2D eigenvalue weighted by molar-refractivity contribution is 5.94. The number of hydrogen-bond donors (Lipinski definition) is 1. The molecule has 7 heteroatoms. The van der Waals surface area contributed by atoms with Gasteiger partial charge in [-0.2, -0.15) is 4.98 Å². The fourth-order valence-electron chi connectivity index (χ4n) is 1.97. The number of esters is 1. The van der Waals surface area contributed by atoms with E-state index in [-0.39, 0.29) is 24.3 Å². The minimum Gasteiger partial charge on any atom is -0.452 e. The van der Waals surface area contributed by atoms with Crippen molar-refractivity contribution in [2.75, 3.05) is 0 Å². The molecule has 0 saturated carbocycles. The van der Waals surface area contributed by atoms with Crippen molar-refractivity contribution in [3.63, 3.8) is 0 Å². The molecule has 2 atom stereocenters. The highest BCUT2D eigenvalue weighted by Crippen LogP contribution is 2.15. The number of carbonyl (C=O) groups excluding carboxylic acids is 2. The van der Waals surface area contributed by atoms with Crippen LogP contribution >= 0.6 is 0 Å². The number of carbonyl (C=O) groups is 2. The largest absolute Gasteiger partial charge is 0.452 e. The molecule has 2 rings (SSSR count). The predicted molar refractivity (Wildman–Crippen MR) is 81.5 cm³/mol.